The number of aromatic nitrogens is 2. The minimum absolute atomic E-state index is 0.0549. The van der Waals surface area contributed by atoms with Gasteiger partial charge in [0.1, 0.15) is 18.1 Å². The van der Waals surface area contributed by atoms with E-state index in [0.717, 1.165) is 0 Å². The topological polar surface area (TPSA) is 89.3 Å². The molecule has 1 aliphatic rings. The molecule has 1 unspecified atom stereocenters. The molecule has 0 bridgehead atoms. The van der Waals surface area contributed by atoms with Crippen molar-refractivity contribution < 1.29 is 24.0 Å². The molecule has 1 atom stereocenters. The van der Waals surface area contributed by atoms with Crippen molar-refractivity contribution in [2.45, 2.75) is 25.9 Å². The number of ketones is 1. The number of amides is 1. The molecule has 0 radical (unpaired) electrons. The van der Waals surface area contributed by atoms with E-state index in [0.29, 0.717) is 37.4 Å². The quantitative estimate of drug-likeness (QED) is 0.240. The SMILES string of the molecule is CCOc1ccc(C([O-])=C2C(=O)C(=O)N(CCC[n+]3cc[nH]c3)C2c2ccccc2)cc1Cl. The number of likely N-dealkylation sites (tertiary alicyclic amines) is 1. The summed E-state index contributed by atoms with van der Waals surface area (Å²) < 4.78 is 7.39. The maximum absolute atomic E-state index is 13.5. The summed E-state index contributed by atoms with van der Waals surface area (Å²) in [5.74, 6) is -1.48. The Morgan fingerprint density at radius 2 is 2.00 bits per heavy atom. The summed E-state index contributed by atoms with van der Waals surface area (Å²) in [6.45, 7) is 3.27. The van der Waals surface area contributed by atoms with E-state index in [-0.39, 0.29) is 16.2 Å². The van der Waals surface area contributed by atoms with Gasteiger partial charge in [0, 0.05) is 18.5 Å². The predicted molar refractivity (Wildman–Crippen MR) is 121 cm³/mol. The van der Waals surface area contributed by atoms with Crippen LogP contribution in [0, 0.1) is 0 Å². The highest BCUT2D eigenvalue weighted by Crippen LogP contribution is 2.39. The zero-order chi connectivity index (χ0) is 23.4. The number of rotatable bonds is 8. The van der Waals surface area contributed by atoms with Crippen LogP contribution < -0.4 is 14.4 Å². The van der Waals surface area contributed by atoms with E-state index in [1.54, 1.807) is 12.1 Å². The molecule has 0 spiro atoms. The summed E-state index contributed by atoms with van der Waals surface area (Å²) in [5.41, 5.74) is 0.900. The number of carbonyl (C=O) groups excluding carboxylic acids is 2. The van der Waals surface area contributed by atoms with E-state index >= 15 is 0 Å². The Balaban J connectivity index is 1.71. The highest BCUT2D eigenvalue weighted by atomic mass is 35.5. The van der Waals surface area contributed by atoms with E-state index < -0.39 is 23.5 Å². The number of aromatic amines is 1. The summed E-state index contributed by atoms with van der Waals surface area (Å²) in [4.78, 5) is 30.5. The fourth-order valence-corrected chi connectivity index (χ4v) is 4.27. The van der Waals surface area contributed by atoms with Crippen molar-refractivity contribution in [3.63, 3.8) is 0 Å². The van der Waals surface area contributed by atoms with E-state index in [2.05, 4.69) is 4.98 Å². The number of halogens is 1. The van der Waals surface area contributed by atoms with Crippen LogP contribution in [0.5, 0.6) is 5.75 Å². The molecule has 1 aromatic heterocycles. The molecule has 7 nitrogen and oxygen atoms in total. The molecule has 1 N–H and O–H groups in total. The largest absolute Gasteiger partial charge is 0.872 e. The van der Waals surface area contributed by atoms with Crippen molar-refractivity contribution in [3.05, 3.63) is 89.0 Å². The second-order valence-electron chi connectivity index (χ2n) is 7.66. The number of nitrogens with one attached hydrogen (secondary N) is 1. The number of benzene rings is 2. The third kappa shape index (κ3) is 4.64. The molecule has 3 aromatic rings. The minimum Gasteiger partial charge on any atom is -0.872 e. The smallest absolute Gasteiger partial charge is 0.295 e. The van der Waals surface area contributed by atoms with Crippen molar-refractivity contribution in [1.29, 1.82) is 0 Å². The fraction of sp³-hybridized carbons (Fsp3) is 0.240. The first-order valence-electron chi connectivity index (χ1n) is 10.8. The van der Waals surface area contributed by atoms with Crippen molar-refractivity contribution in [2.24, 2.45) is 0 Å². The molecule has 1 fully saturated rings. The van der Waals surface area contributed by atoms with E-state index in [1.807, 2.05) is 60.5 Å². The zero-order valence-electron chi connectivity index (χ0n) is 18.2. The number of aryl methyl sites for hydroxylation is 1. The number of nitrogens with zero attached hydrogens (tertiary/aromatic N) is 2. The molecule has 1 aliphatic heterocycles. The number of hydrogen-bond donors (Lipinski definition) is 1. The monoisotopic (exact) mass is 465 g/mol. The van der Waals surface area contributed by atoms with Gasteiger partial charge in [-0.1, -0.05) is 53.8 Å². The number of ether oxygens (including phenoxy) is 1. The second-order valence-corrected chi connectivity index (χ2v) is 8.07. The van der Waals surface area contributed by atoms with E-state index in [4.69, 9.17) is 16.3 Å². The minimum atomic E-state index is -0.770. The van der Waals surface area contributed by atoms with Crippen LogP contribution in [0.2, 0.25) is 5.02 Å². The molecule has 33 heavy (non-hydrogen) atoms. The molecule has 2 aromatic carbocycles. The summed E-state index contributed by atoms with van der Waals surface area (Å²) in [5, 5.41) is 13.7. The Kier molecular flexibility index (Phi) is 6.79. The normalized spacial score (nSPS) is 17.5. The number of hydrogen-bond acceptors (Lipinski definition) is 4. The molecule has 1 saturated heterocycles. The van der Waals surface area contributed by atoms with Crippen molar-refractivity contribution in [1.82, 2.24) is 9.88 Å². The van der Waals surface area contributed by atoms with Gasteiger partial charge in [-0.2, -0.15) is 0 Å². The molecule has 2 heterocycles. The van der Waals surface area contributed by atoms with Crippen LogP contribution in [0.3, 0.4) is 0 Å². The lowest BCUT2D eigenvalue weighted by Gasteiger charge is -2.27. The highest BCUT2D eigenvalue weighted by molar-refractivity contribution is 6.46. The second kappa shape index (κ2) is 9.92. The Morgan fingerprint density at radius 3 is 2.67 bits per heavy atom. The molecule has 0 aliphatic carbocycles. The van der Waals surface area contributed by atoms with Gasteiger partial charge in [0.05, 0.1) is 24.2 Å². The van der Waals surface area contributed by atoms with Gasteiger partial charge in [-0.05, 0) is 30.2 Å². The Bertz CT molecular complexity index is 1180. The molecule has 1 amide bonds. The van der Waals surface area contributed by atoms with Gasteiger partial charge in [-0.25, -0.2) is 4.57 Å². The van der Waals surface area contributed by atoms with Crippen LogP contribution in [0.25, 0.3) is 5.76 Å². The molecule has 8 heteroatoms. The number of H-pyrrole nitrogens is 1. The summed E-state index contributed by atoms with van der Waals surface area (Å²) in [6.07, 6.45) is 6.15. The van der Waals surface area contributed by atoms with Crippen LogP contribution in [-0.4, -0.2) is 34.7 Å². The van der Waals surface area contributed by atoms with Gasteiger partial charge in [0.15, 0.2) is 0 Å². The van der Waals surface area contributed by atoms with Crippen LogP contribution >= 0.6 is 11.6 Å². The molecular weight excluding hydrogens is 442 g/mol. The molecule has 0 saturated carbocycles. The van der Waals surface area contributed by atoms with Gasteiger partial charge in [-0.15, -0.1) is 0 Å². The van der Waals surface area contributed by atoms with Gasteiger partial charge >= 0.3 is 0 Å². The zero-order valence-corrected chi connectivity index (χ0v) is 18.9. The maximum atomic E-state index is 13.5. The van der Waals surface area contributed by atoms with E-state index in [9.17, 15) is 14.7 Å². The first-order valence-corrected chi connectivity index (χ1v) is 11.1. The third-order valence-corrected chi connectivity index (χ3v) is 5.85. The summed E-state index contributed by atoms with van der Waals surface area (Å²) in [6, 6.07) is 13.0. The first-order chi connectivity index (χ1) is 16.0. The molecular formula is C25H24ClN3O4. The average Bonchev–Trinajstić information content (AvgIpc) is 3.43. The van der Waals surface area contributed by atoms with Crippen LogP contribution in [0.1, 0.15) is 30.5 Å². The summed E-state index contributed by atoms with van der Waals surface area (Å²) >= 11 is 6.27. The first kappa shape index (κ1) is 22.6. The Morgan fingerprint density at radius 1 is 1.21 bits per heavy atom. The van der Waals surface area contributed by atoms with Gasteiger partial charge in [0.25, 0.3) is 5.91 Å². The standard InChI is InChI=1S/C25H24ClN3O4/c1-2-33-20-10-9-18(15-19(20)26)23(30)21-22(17-7-4-3-5-8-17)29(25(32)24(21)31)13-6-12-28-14-11-27-16-28/h3-5,7-11,14-16,22H,2,6,12-13H2,1H3,(H,30,31). The van der Waals surface area contributed by atoms with Crippen molar-refractivity contribution in [3.8, 4) is 5.75 Å². The van der Waals surface area contributed by atoms with Crippen molar-refractivity contribution >= 4 is 29.1 Å². The van der Waals surface area contributed by atoms with Crippen LogP contribution in [-0.2, 0) is 16.1 Å². The van der Waals surface area contributed by atoms with E-state index in [1.165, 1.54) is 11.0 Å². The lowest BCUT2D eigenvalue weighted by atomic mass is 9.95. The fourth-order valence-electron chi connectivity index (χ4n) is 4.04. The number of imidazole rings is 1. The van der Waals surface area contributed by atoms with Gasteiger partial charge in [0.2, 0.25) is 12.1 Å². The summed E-state index contributed by atoms with van der Waals surface area (Å²) in [7, 11) is 0. The lowest BCUT2D eigenvalue weighted by Crippen LogP contribution is -2.36. The van der Waals surface area contributed by atoms with Crippen molar-refractivity contribution in [2.75, 3.05) is 13.2 Å². The predicted octanol–water partition coefficient (Wildman–Crippen LogP) is 2.67. The number of carbonyl (C=O) groups is 2. The van der Waals surface area contributed by atoms with Crippen LogP contribution in [0.4, 0.5) is 0 Å². The Hall–Kier alpha value is -3.58. The lowest BCUT2D eigenvalue weighted by molar-refractivity contribution is -0.695. The van der Waals surface area contributed by atoms with Gasteiger partial charge in [-0.3, -0.25) is 14.6 Å². The van der Waals surface area contributed by atoms with Gasteiger partial charge < -0.3 is 14.7 Å². The average molecular weight is 466 g/mol. The Labute approximate surface area is 196 Å². The maximum Gasteiger partial charge on any atom is 0.295 e. The number of Topliss-reactive ketones (excluding diaryl/α,β-unsaturated/α-hetero) is 1. The molecule has 4 rings (SSSR count). The molecule has 170 valence electrons. The van der Waals surface area contributed by atoms with Crippen LogP contribution in [0.15, 0.2) is 72.8 Å². The third-order valence-electron chi connectivity index (χ3n) is 5.56. The highest BCUT2D eigenvalue weighted by Gasteiger charge is 2.43.